The molecule has 0 aliphatic heterocycles. The minimum Gasteiger partial charge on any atom is -0.502 e. The maximum atomic E-state index is 11.2. The van der Waals surface area contributed by atoms with Crippen molar-refractivity contribution in [3.8, 4) is 0 Å². The molecule has 0 radical (unpaired) electrons. The minimum absolute atomic E-state index is 0.138. The molecule has 0 bridgehead atoms. The van der Waals surface area contributed by atoms with Crippen LogP contribution in [0, 0.1) is 0 Å². The lowest BCUT2D eigenvalue weighted by atomic mass is 9.98. The second-order valence-electron chi connectivity index (χ2n) is 3.89. The van der Waals surface area contributed by atoms with Crippen LogP contribution < -0.4 is 0 Å². The van der Waals surface area contributed by atoms with Crippen molar-refractivity contribution < 1.29 is 24.5 Å². The average Bonchev–Trinajstić information content (AvgIpc) is 2.37. The lowest BCUT2D eigenvalue weighted by Crippen LogP contribution is -2.11. The summed E-state index contributed by atoms with van der Waals surface area (Å²) >= 11 is 0. The largest absolute Gasteiger partial charge is 0.502 e. The number of carboxylic acids is 2. The Labute approximate surface area is 111 Å². The Balaban J connectivity index is 2.85. The zero-order valence-corrected chi connectivity index (χ0v) is 10.6. The van der Waals surface area contributed by atoms with Gasteiger partial charge in [0, 0.05) is 0 Å². The van der Waals surface area contributed by atoms with Gasteiger partial charge in [-0.05, 0) is 31.4 Å². The molecule has 0 unspecified atom stereocenters. The van der Waals surface area contributed by atoms with Crippen LogP contribution in [-0.2, 0) is 11.2 Å². The Morgan fingerprint density at radius 1 is 1.26 bits per heavy atom. The molecule has 0 saturated heterocycles. The van der Waals surface area contributed by atoms with Gasteiger partial charge in [-0.3, -0.25) is 0 Å². The van der Waals surface area contributed by atoms with Crippen LogP contribution in [0.4, 0.5) is 0 Å². The van der Waals surface area contributed by atoms with Gasteiger partial charge in [0.15, 0.2) is 0 Å². The summed E-state index contributed by atoms with van der Waals surface area (Å²) in [4.78, 5) is 22.2. The van der Waals surface area contributed by atoms with Crippen molar-refractivity contribution in [1.29, 1.82) is 0 Å². The van der Waals surface area contributed by atoms with Crippen molar-refractivity contribution in [2.75, 3.05) is 6.61 Å². The van der Waals surface area contributed by atoms with Crippen LogP contribution in [0.5, 0.6) is 0 Å². The molecule has 2 N–H and O–H groups in total. The van der Waals surface area contributed by atoms with Crippen LogP contribution in [-0.4, -0.2) is 28.8 Å². The van der Waals surface area contributed by atoms with Crippen LogP contribution in [0.3, 0.4) is 0 Å². The van der Waals surface area contributed by atoms with Gasteiger partial charge in [-0.1, -0.05) is 18.2 Å². The highest BCUT2D eigenvalue weighted by Gasteiger charge is 2.19. The summed E-state index contributed by atoms with van der Waals surface area (Å²) in [5.74, 6) is -2.45. The highest BCUT2D eigenvalue weighted by atomic mass is 16.5. The SMILES string of the molecule is CC=COCCCc1cccc(C(=O)O)c1C(=O)O. The van der Waals surface area contributed by atoms with Crippen molar-refractivity contribution in [2.24, 2.45) is 0 Å². The number of benzene rings is 1. The molecule has 0 saturated carbocycles. The zero-order valence-electron chi connectivity index (χ0n) is 10.6. The summed E-state index contributed by atoms with van der Waals surface area (Å²) in [6.07, 6.45) is 4.40. The van der Waals surface area contributed by atoms with E-state index in [0.717, 1.165) is 0 Å². The highest BCUT2D eigenvalue weighted by molar-refractivity contribution is 6.02. The molecule has 102 valence electrons. The van der Waals surface area contributed by atoms with E-state index in [-0.39, 0.29) is 11.1 Å². The first-order valence-electron chi connectivity index (χ1n) is 5.89. The number of carboxylic acid groups (broad SMARTS) is 2. The summed E-state index contributed by atoms with van der Waals surface area (Å²) in [7, 11) is 0. The number of hydrogen-bond acceptors (Lipinski definition) is 3. The van der Waals surface area contributed by atoms with Gasteiger partial charge in [-0.25, -0.2) is 9.59 Å². The van der Waals surface area contributed by atoms with Crippen LogP contribution >= 0.6 is 0 Å². The molecule has 0 aromatic heterocycles. The molecule has 5 heteroatoms. The summed E-state index contributed by atoms with van der Waals surface area (Å²) in [6, 6.07) is 4.48. The van der Waals surface area contributed by atoms with Gasteiger partial charge in [0.2, 0.25) is 0 Å². The Hall–Kier alpha value is -2.30. The molecule has 0 heterocycles. The average molecular weight is 264 g/mol. The monoisotopic (exact) mass is 264 g/mol. The quantitative estimate of drug-likeness (QED) is 0.584. The van der Waals surface area contributed by atoms with Gasteiger partial charge in [0.05, 0.1) is 24.0 Å². The topological polar surface area (TPSA) is 83.8 Å². The second kappa shape index (κ2) is 7.20. The van der Waals surface area contributed by atoms with E-state index in [1.54, 1.807) is 24.5 Å². The van der Waals surface area contributed by atoms with E-state index >= 15 is 0 Å². The van der Waals surface area contributed by atoms with Gasteiger partial charge >= 0.3 is 11.9 Å². The molecule has 1 aromatic carbocycles. The van der Waals surface area contributed by atoms with Gasteiger partial charge < -0.3 is 14.9 Å². The van der Waals surface area contributed by atoms with Crippen molar-refractivity contribution in [3.63, 3.8) is 0 Å². The number of aromatic carboxylic acids is 2. The molecule has 0 aliphatic rings. The fourth-order valence-corrected chi connectivity index (χ4v) is 1.75. The van der Waals surface area contributed by atoms with Crippen LogP contribution in [0.1, 0.15) is 39.6 Å². The maximum Gasteiger partial charge on any atom is 0.336 e. The van der Waals surface area contributed by atoms with Crippen molar-refractivity contribution in [2.45, 2.75) is 19.8 Å². The summed E-state index contributed by atoms with van der Waals surface area (Å²) < 4.78 is 5.14. The van der Waals surface area contributed by atoms with Crippen LogP contribution in [0.15, 0.2) is 30.5 Å². The van der Waals surface area contributed by atoms with E-state index in [9.17, 15) is 9.59 Å². The molecule has 0 fully saturated rings. The van der Waals surface area contributed by atoms with E-state index in [2.05, 4.69) is 0 Å². The summed E-state index contributed by atoms with van der Waals surface area (Å²) in [5, 5.41) is 18.1. The highest BCUT2D eigenvalue weighted by Crippen LogP contribution is 2.17. The second-order valence-corrected chi connectivity index (χ2v) is 3.89. The van der Waals surface area contributed by atoms with Crippen molar-refractivity contribution in [1.82, 2.24) is 0 Å². The normalized spacial score (nSPS) is 10.6. The van der Waals surface area contributed by atoms with E-state index in [0.29, 0.717) is 25.0 Å². The Morgan fingerprint density at radius 3 is 2.58 bits per heavy atom. The zero-order chi connectivity index (χ0) is 14.3. The van der Waals surface area contributed by atoms with E-state index in [1.807, 2.05) is 6.92 Å². The molecule has 5 nitrogen and oxygen atoms in total. The molecule has 0 spiro atoms. The van der Waals surface area contributed by atoms with Crippen LogP contribution in [0.2, 0.25) is 0 Å². The molecule has 0 atom stereocenters. The Morgan fingerprint density at radius 2 is 2.00 bits per heavy atom. The molecular weight excluding hydrogens is 248 g/mol. The molecular formula is C14H16O5. The fraction of sp³-hybridized carbons (Fsp3) is 0.286. The number of rotatable bonds is 7. The van der Waals surface area contributed by atoms with E-state index in [1.165, 1.54) is 6.07 Å². The summed E-state index contributed by atoms with van der Waals surface area (Å²) in [6.45, 7) is 2.29. The first-order chi connectivity index (χ1) is 9.07. The Kier molecular flexibility index (Phi) is 5.60. The number of carbonyl (C=O) groups is 2. The van der Waals surface area contributed by atoms with Crippen molar-refractivity contribution >= 4 is 11.9 Å². The Bertz CT molecular complexity index is 491. The molecule has 19 heavy (non-hydrogen) atoms. The van der Waals surface area contributed by atoms with Crippen LogP contribution in [0.25, 0.3) is 0 Å². The number of aryl methyl sites for hydroxylation is 1. The third kappa shape index (κ3) is 4.13. The predicted molar refractivity (Wildman–Crippen MR) is 69.4 cm³/mol. The molecule has 1 aromatic rings. The summed E-state index contributed by atoms with van der Waals surface area (Å²) in [5.41, 5.74) is 0.192. The third-order valence-corrected chi connectivity index (χ3v) is 2.54. The smallest absolute Gasteiger partial charge is 0.336 e. The molecule has 0 aliphatic carbocycles. The number of hydrogen-bond donors (Lipinski definition) is 2. The van der Waals surface area contributed by atoms with E-state index < -0.39 is 11.9 Å². The molecule has 1 rings (SSSR count). The van der Waals surface area contributed by atoms with Gasteiger partial charge in [-0.15, -0.1) is 0 Å². The first-order valence-corrected chi connectivity index (χ1v) is 5.89. The minimum atomic E-state index is -1.23. The predicted octanol–water partition coefficient (Wildman–Crippen LogP) is 2.57. The standard InChI is InChI=1S/C14H16O5/c1-2-8-19-9-4-6-10-5-3-7-11(13(15)16)12(10)14(17)18/h2-3,5,7-8H,4,6,9H2,1H3,(H,15,16)(H,17,18). The lowest BCUT2D eigenvalue weighted by molar-refractivity contribution is 0.0650. The van der Waals surface area contributed by atoms with Gasteiger partial charge in [-0.2, -0.15) is 0 Å². The molecule has 0 amide bonds. The number of allylic oxidation sites excluding steroid dienone is 1. The van der Waals surface area contributed by atoms with Gasteiger partial charge in [0.25, 0.3) is 0 Å². The van der Waals surface area contributed by atoms with Crippen molar-refractivity contribution in [3.05, 3.63) is 47.2 Å². The lowest BCUT2D eigenvalue weighted by Gasteiger charge is -2.08. The fourth-order valence-electron chi connectivity index (χ4n) is 1.75. The third-order valence-electron chi connectivity index (χ3n) is 2.54. The van der Waals surface area contributed by atoms with E-state index in [4.69, 9.17) is 14.9 Å². The maximum absolute atomic E-state index is 11.2. The van der Waals surface area contributed by atoms with Gasteiger partial charge in [0.1, 0.15) is 0 Å². The number of ether oxygens (including phenoxy) is 1. The first kappa shape index (κ1) is 14.8.